The van der Waals surface area contributed by atoms with Gasteiger partial charge in [-0.05, 0) is 36.1 Å². The van der Waals surface area contributed by atoms with Crippen LogP contribution in [0.5, 0.6) is 0 Å². The molecule has 1 atom stereocenters. The number of hydrogen-bond acceptors (Lipinski definition) is 2. The third kappa shape index (κ3) is 4.46. The average Bonchev–Trinajstić information content (AvgIpc) is 2.75. The second-order valence-corrected chi connectivity index (χ2v) is 7.90. The van der Waals surface area contributed by atoms with E-state index in [2.05, 4.69) is 50.4 Å². The summed E-state index contributed by atoms with van der Waals surface area (Å²) in [6.45, 7) is 7.45. The highest BCUT2D eigenvalue weighted by Gasteiger charge is 2.18. The van der Waals surface area contributed by atoms with E-state index in [0.717, 1.165) is 27.2 Å². The second kappa shape index (κ2) is 7.64. The summed E-state index contributed by atoms with van der Waals surface area (Å²) in [5.74, 6) is 0.672. The topological polar surface area (TPSA) is 12.0 Å². The standard InChI is InChI=1S/C17H21Cl2NS/c1-4-20-16(14-10-15(18)21-17(14)19)13-7-5-12(6-8-13)9-11(2)3/h5-8,10-11,16,20H,4,9H2,1-3H3. The van der Waals surface area contributed by atoms with E-state index >= 15 is 0 Å². The SMILES string of the molecule is CCNC(c1ccc(CC(C)C)cc1)c1cc(Cl)sc1Cl. The molecule has 0 fully saturated rings. The summed E-state index contributed by atoms with van der Waals surface area (Å²) in [7, 11) is 0. The van der Waals surface area contributed by atoms with Gasteiger partial charge in [-0.15, -0.1) is 11.3 Å². The molecular formula is C17H21Cl2NS. The molecule has 2 aromatic rings. The van der Waals surface area contributed by atoms with E-state index in [1.54, 1.807) is 0 Å². The molecular weight excluding hydrogens is 321 g/mol. The molecule has 0 aliphatic carbocycles. The fourth-order valence-corrected chi connectivity index (χ4v) is 4.01. The van der Waals surface area contributed by atoms with E-state index in [0.29, 0.717) is 5.92 Å². The Balaban J connectivity index is 2.28. The van der Waals surface area contributed by atoms with Crippen LogP contribution >= 0.6 is 34.5 Å². The lowest BCUT2D eigenvalue weighted by molar-refractivity contribution is 0.629. The maximum absolute atomic E-state index is 6.32. The van der Waals surface area contributed by atoms with Gasteiger partial charge in [-0.2, -0.15) is 0 Å². The number of benzene rings is 1. The molecule has 1 unspecified atom stereocenters. The molecule has 0 saturated carbocycles. The highest BCUT2D eigenvalue weighted by molar-refractivity contribution is 7.20. The first kappa shape index (κ1) is 16.8. The number of nitrogens with one attached hydrogen (secondary N) is 1. The van der Waals surface area contributed by atoms with Crippen molar-refractivity contribution in [2.45, 2.75) is 33.2 Å². The minimum atomic E-state index is 0.0966. The molecule has 1 aromatic heterocycles. The Labute approximate surface area is 141 Å². The van der Waals surface area contributed by atoms with Crippen LogP contribution < -0.4 is 5.32 Å². The van der Waals surface area contributed by atoms with Crippen molar-refractivity contribution in [1.82, 2.24) is 5.32 Å². The van der Waals surface area contributed by atoms with Crippen LogP contribution in [0.15, 0.2) is 30.3 Å². The Morgan fingerprint density at radius 2 is 1.81 bits per heavy atom. The predicted molar refractivity (Wildman–Crippen MR) is 94.8 cm³/mol. The molecule has 0 aliphatic rings. The zero-order chi connectivity index (χ0) is 15.4. The van der Waals surface area contributed by atoms with Gasteiger partial charge in [0.1, 0.15) is 0 Å². The summed E-state index contributed by atoms with van der Waals surface area (Å²) in [6.07, 6.45) is 1.11. The molecule has 1 nitrogen and oxygen atoms in total. The molecule has 2 rings (SSSR count). The number of hydrogen-bond donors (Lipinski definition) is 1. The quantitative estimate of drug-likeness (QED) is 0.684. The molecule has 114 valence electrons. The molecule has 0 aliphatic heterocycles. The van der Waals surface area contributed by atoms with Crippen LogP contribution in [0.25, 0.3) is 0 Å². The van der Waals surface area contributed by atoms with Crippen LogP contribution in [-0.4, -0.2) is 6.54 Å². The summed E-state index contributed by atoms with van der Waals surface area (Å²) in [5.41, 5.74) is 3.66. The molecule has 4 heteroatoms. The van der Waals surface area contributed by atoms with Crippen LogP contribution in [0.4, 0.5) is 0 Å². The maximum Gasteiger partial charge on any atom is 0.0995 e. The first-order valence-corrected chi connectivity index (χ1v) is 8.85. The Morgan fingerprint density at radius 3 is 2.29 bits per heavy atom. The summed E-state index contributed by atoms with van der Waals surface area (Å²) < 4.78 is 1.49. The molecule has 0 amide bonds. The van der Waals surface area contributed by atoms with Crippen molar-refractivity contribution in [2.75, 3.05) is 6.54 Å². The fraction of sp³-hybridized carbons (Fsp3) is 0.412. The monoisotopic (exact) mass is 341 g/mol. The minimum Gasteiger partial charge on any atom is -0.306 e. The molecule has 1 aromatic carbocycles. The van der Waals surface area contributed by atoms with Gasteiger partial charge in [-0.1, -0.05) is 68.2 Å². The van der Waals surface area contributed by atoms with Crippen molar-refractivity contribution in [3.05, 3.63) is 55.7 Å². The van der Waals surface area contributed by atoms with E-state index < -0.39 is 0 Å². The minimum absolute atomic E-state index is 0.0966. The largest absolute Gasteiger partial charge is 0.306 e. The zero-order valence-electron chi connectivity index (χ0n) is 12.6. The van der Waals surface area contributed by atoms with E-state index in [1.807, 2.05) is 6.07 Å². The molecule has 1 N–H and O–H groups in total. The van der Waals surface area contributed by atoms with Crippen LogP contribution in [0.2, 0.25) is 8.67 Å². The zero-order valence-corrected chi connectivity index (χ0v) is 14.9. The summed E-state index contributed by atoms with van der Waals surface area (Å²) in [4.78, 5) is 0. The lowest BCUT2D eigenvalue weighted by atomic mass is 9.97. The van der Waals surface area contributed by atoms with Crippen molar-refractivity contribution >= 4 is 34.5 Å². The first-order chi connectivity index (χ1) is 10.0. The van der Waals surface area contributed by atoms with Crippen molar-refractivity contribution in [1.29, 1.82) is 0 Å². The van der Waals surface area contributed by atoms with Crippen LogP contribution in [0.1, 0.15) is 43.5 Å². The first-order valence-electron chi connectivity index (χ1n) is 7.28. The van der Waals surface area contributed by atoms with Crippen LogP contribution in [-0.2, 0) is 6.42 Å². The molecule has 0 bridgehead atoms. The van der Waals surface area contributed by atoms with Gasteiger partial charge in [-0.25, -0.2) is 0 Å². The van der Waals surface area contributed by atoms with E-state index in [9.17, 15) is 0 Å². The summed E-state index contributed by atoms with van der Waals surface area (Å²) in [5, 5.41) is 3.49. The number of halogens is 2. The van der Waals surface area contributed by atoms with Crippen LogP contribution in [0, 0.1) is 5.92 Å². The lowest BCUT2D eigenvalue weighted by Crippen LogP contribution is -2.21. The van der Waals surface area contributed by atoms with Gasteiger partial charge in [0.15, 0.2) is 0 Å². The summed E-state index contributed by atoms with van der Waals surface area (Å²) in [6, 6.07) is 10.9. The molecule has 21 heavy (non-hydrogen) atoms. The number of thiophene rings is 1. The van der Waals surface area contributed by atoms with E-state index in [4.69, 9.17) is 23.2 Å². The molecule has 0 spiro atoms. The van der Waals surface area contributed by atoms with Gasteiger partial charge in [0.25, 0.3) is 0 Å². The highest BCUT2D eigenvalue weighted by atomic mass is 35.5. The van der Waals surface area contributed by atoms with Crippen molar-refractivity contribution in [2.24, 2.45) is 5.92 Å². The van der Waals surface area contributed by atoms with Gasteiger partial charge >= 0.3 is 0 Å². The Hall–Kier alpha value is -0.540. The molecule has 0 saturated heterocycles. The third-order valence-corrected chi connectivity index (χ3v) is 4.88. The van der Waals surface area contributed by atoms with Gasteiger partial charge in [0.05, 0.1) is 14.7 Å². The maximum atomic E-state index is 6.32. The highest BCUT2D eigenvalue weighted by Crippen LogP contribution is 2.37. The van der Waals surface area contributed by atoms with Gasteiger partial charge in [-0.3, -0.25) is 0 Å². The van der Waals surface area contributed by atoms with Gasteiger partial charge in [0, 0.05) is 5.56 Å². The van der Waals surface area contributed by atoms with Gasteiger partial charge < -0.3 is 5.32 Å². The predicted octanol–water partition coefficient (Wildman–Crippen LogP) is 5.95. The Kier molecular flexibility index (Phi) is 6.12. The van der Waals surface area contributed by atoms with E-state index in [-0.39, 0.29) is 6.04 Å². The average molecular weight is 342 g/mol. The summed E-state index contributed by atoms with van der Waals surface area (Å²) >= 11 is 13.8. The lowest BCUT2D eigenvalue weighted by Gasteiger charge is -2.18. The molecule has 0 radical (unpaired) electrons. The smallest absolute Gasteiger partial charge is 0.0995 e. The van der Waals surface area contributed by atoms with Crippen molar-refractivity contribution in [3.63, 3.8) is 0 Å². The van der Waals surface area contributed by atoms with Crippen molar-refractivity contribution < 1.29 is 0 Å². The number of rotatable bonds is 6. The fourth-order valence-electron chi connectivity index (χ4n) is 2.48. The normalized spacial score (nSPS) is 12.9. The molecule has 1 heterocycles. The Morgan fingerprint density at radius 1 is 1.14 bits per heavy atom. The second-order valence-electron chi connectivity index (χ2n) is 5.61. The third-order valence-electron chi connectivity index (χ3n) is 3.36. The van der Waals surface area contributed by atoms with Crippen molar-refractivity contribution in [3.8, 4) is 0 Å². The van der Waals surface area contributed by atoms with E-state index in [1.165, 1.54) is 22.5 Å². The van der Waals surface area contributed by atoms with Gasteiger partial charge in [0.2, 0.25) is 0 Å². The van der Waals surface area contributed by atoms with Crippen LogP contribution in [0.3, 0.4) is 0 Å². The Bertz CT molecular complexity index is 575.